The van der Waals surface area contributed by atoms with Gasteiger partial charge in [0.1, 0.15) is 6.04 Å². The van der Waals surface area contributed by atoms with Crippen molar-refractivity contribution in [2.24, 2.45) is 5.92 Å². The summed E-state index contributed by atoms with van der Waals surface area (Å²) in [5, 5.41) is 5.76. The number of nitrogens with one attached hydrogen (secondary N) is 2. The van der Waals surface area contributed by atoms with Crippen LogP contribution in [-0.2, 0) is 14.3 Å². The Labute approximate surface area is 101 Å². The number of halogens is 1. The summed E-state index contributed by atoms with van der Waals surface area (Å²) in [5.74, 6) is -0.129. The fourth-order valence-corrected chi connectivity index (χ4v) is 1.69. The largest absolute Gasteiger partial charge is 0.467 e. The summed E-state index contributed by atoms with van der Waals surface area (Å²) in [7, 11) is 1.35. The lowest BCUT2D eigenvalue weighted by Crippen LogP contribution is -2.56. The van der Waals surface area contributed by atoms with Crippen LogP contribution >= 0.6 is 12.4 Å². The molecule has 16 heavy (non-hydrogen) atoms. The fraction of sp³-hybridized carbons (Fsp3) is 0.800. The van der Waals surface area contributed by atoms with Crippen LogP contribution in [0, 0.1) is 5.92 Å². The Bertz CT molecular complexity index is 277. The van der Waals surface area contributed by atoms with E-state index in [2.05, 4.69) is 15.4 Å². The molecule has 2 N–H and O–H groups in total. The van der Waals surface area contributed by atoms with Gasteiger partial charge in [0.25, 0.3) is 0 Å². The van der Waals surface area contributed by atoms with Crippen LogP contribution in [0.3, 0.4) is 0 Å². The van der Waals surface area contributed by atoms with Gasteiger partial charge in [-0.15, -0.1) is 12.4 Å². The van der Waals surface area contributed by atoms with Crippen LogP contribution in [0.4, 0.5) is 0 Å². The Kier molecular flexibility index (Phi) is 4.56. The highest BCUT2D eigenvalue weighted by molar-refractivity contribution is 5.88. The number of carbonyl (C=O) groups is 2. The molecular weight excluding hydrogens is 232 g/mol. The van der Waals surface area contributed by atoms with Crippen molar-refractivity contribution in [2.75, 3.05) is 13.7 Å². The highest BCUT2D eigenvalue weighted by Gasteiger charge is 2.39. The second-order valence-corrected chi connectivity index (χ2v) is 4.14. The second kappa shape index (κ2) is 5.50. The summed E-state index contributed by atoms with van der Waals surface area (Å²) >= 11 is 0. The van der Waals surface area contributed by atoms with Gasteiger partial charge in [-0.1, -0.05) is 0 Å². The molecule has 0 bridgehead atoms. The van der Waals surface area contributed by atoms with Crippen LogP contribution in [-0.4, -0.2) is 37.6 Å². The van der Waals surface area contributed by atoms with Crippen molar-refractivity contribution < 1.29 is 14.3 Å². The molecule has 2 atom stereocenters. The third-order valence-electron chi connectivity index (χ3n) is 2.99. The zero-order valence-electron chi connectivity index (χ0n) is 9.19. The first-order valence-electron chi connectivity index (χ1n) is 5.34. The molecule has 0 aromatic heterocycles. The van der Waals surface area contributed by atoms with Crippen molar-refractivity contribution in [3.05, 3.63) is 0 Å². The van der Waals surface area contributed by atoms with E-state index >= 15 is 0 Å². The summed E-state index contributed by atoms with van der Waals surface area (Å²) < 4.78 is 4.67. The van der Waals surface area contributed by atoms with Crippen molar-refractivity contribution in [3.63, 3.8) is 0 Å². The molecule has 1 unspecified atom stereocenters. The monoisotopic (exact) mass is 248 g/mol. The Morgan fingerprint density at radius 1 is 1.38 bits per heavy atom. The minimum absolute atomic E-state index is 0. The Hall–Kier alpha value is -0.810. The van der Waals surface area contributed by atoms with Crippen molar-refractivity contribution in [1.82, 2.24) is 10.6 Å². The molecule has 1 saturated carbocycles. The van der Waals surface area contributed by atoms with Gasteiger partial charge in [-0.25, -0.2) is 4.79 Å². The topological polar surface area (TPSA) is 67.4 Å². The molecule has 0 spiro atoms. The standard InChI is InChI=1S/C10H16N2O3.ClH/c1-15-10(14)8(6-2-3-6)12-9(13)7-4-5-11-7;/h6-8,11H,2-5H2,1H3,(H,12,13);1H/t7-,8?;/m1./s1. The average Bonchev–Trinajstić information content (AvgIpc) is 2.93. The maximum absolute atomic E-state index is 11.6. The number of hydrogen-bond acceptors (Lipinski definition) is 4. The molecule has 2 fully saturated rings. The number of amides is 1. The van der Waals surface area contributed by atoms with E-state index in [0.29, 0.717) is 0 Å². The number of ether oxygens (including phenoxy) is 1. The van der Waals surface area contributed by atoms with Gasteiger partial charge in [-0.2, -0.15) is 0 Å². The smallest absolute Gasteiger partial charge is 0.328 e. The third kappa shape index (κ3) is 2.86. The van der Waals surface area contributed by atoms with Gasteiger partial charge in [0.2, 0.25) is 5.91 Å². The molecule has 1 aliphatic heterocycles. The van der Waals surface area contributed by atoms with Crippen molar-refractivity contribution in [1.29, 1.82) is 0 Å². The Morgan fingerprint density at radius 3 is 2.38 bits per heavy atom. The molecule has 1 amide bonds. The van der Waals surface area contributed by atoms with Gasteiger partial charge in [0.15, 0.2) is 0 Å². The fourth-order valence-electron chi connectivity index (χ4n) is 1.69. The van der Waals surface area contributed by atoms with E-state index in [1.54, 1.807) is 0 Å². The normalized spacial score (nSPS) is 24.7. The van der Waals surface area contributed by atoms with E-state index in [0.717, 1.165) is 25.8 Å². The van der Waals surface area contributed by atoms with Crippen LogP contribution in [0.25, 0.3) is 0 Å². The van der Waals surface area contributed by atoms with E-state index in [-0.39, 0.29) is 36.2 Å². The van der Waals surface area contributed by atoms with Gasteiger partial charge in [0.05, 0.1) is 13.2 Å². The molecule has 1 aliphatic carbocycles. The first kappa shape index (κ1) is 13.3. The zero-order chi connectivity index (χ0) is 10.8. The van der Waals surface area contributed by atoms with Gasteiger partial charge in [-0.3, -0.25) is 4.79 Å². The minimum Gasteiger partial charge on any atom is -0.467 e. The summed E-state index contributed by atoms with van der Waals surface area (Å²) in [4.78, 5) is 23.0. The predicted molar refractivity (Wildman–Crippen MR) is 60.3 cm³/mol. The molecule has 0 radical (unpaired) electrons. The van der Waals surface area contributed by atoms with Gasteiger partial charge >= 0.3 is 5.97 Å². The van der Waals surface area contributed by atoms with Crippen molar-refractivity contribution >= 4 is 24.3 Å². The van der Waals surface area contributed by atoms with Gasteiger partial charge in [0, 0.05) is 0 Å². The molecule has 5 nitrogen and oxygen atoms in total. The van der Waals surface area contributed by atoms with E-state index in [1.165, 1.54) is 7.11 Å². The number of rotatable bonds is 4. The van der Waals surface area contributed by atoms with Crippen LogP contribution in [0.15, 0.2) is 0 Å². The molecule has 2 rings (SSSR count). The SMILES string of the molecule is COC(=O)C(NC(=O)[C@H]1CCN1)C1CC1.Cl. The highest BCUT2D eigenvalue weighted by atomic mass is 35.5. The van der Waals surface area contributed by atoms with E-state index in [9.17, 15) is 9.59 Å². The molecule has 1 saturated heterocycles. The lowest BCUT2D eigenvalue weighted by atomic mass is 10.1. The van der Waals surface area contributed by atoms with E-state index in [1.807, 2.05) is 0 Å². The second-order valence-electron chi connectivity index (χ2n) is 4.14. The quantitative estimate of drug-likeness (QED) is 0.679. The number of carbonyl (C=O) groups excluding carboxylic acids is 2. The molecule has 2 aliphatic rings. The number of hydrogen-bond donors (Lipinski definition) is 2. The molecule has 6 heteroatoms. The molecular formula is C10H17ClN2O3. The first-order valence-corrected chi connectivity index (χ1v) is 5.34. The first-order chi connectivity index (χ1) is 7.22. The van der Waals surface area contributed by atoms with Crippen molar-refractivity contribution in [3.8, 4) is 0 Å². The van der Waals surface area contributed by atoms with Crippen molar-refractivity contribution in [2.45, 2.75) is 31.3 Å². The Balaban J connectivity index is 0.00000128. The average molecular weight is 249 g/mol. The van der Waals surface area contributed by atoms with Crippen LogP contribution in [0.2, 0.25) is 0 Å². The summed E-state index contributed by atoms with van der Waals surface area (Å²) in [6.07, 6.45) is 2.85. The van der Waals surface area contributed by atoms with Crippen LogP contribution in [0.1, 0.15) is 19.3 Å². The number of methoxy groups -OCH3 is 1. The summed E-state index contributed by atoms with van der Waals surface area (Å²) in [5.41, 5.74) is 0. The van der Waals surface area contributed by atoms with E-state index in [4.69, 9.17) is 0 Å². The molecule has 0 aromatic rings. The van der Waals surface area contributed by atoms with Gasteiger partial charge < -0.3 is 15.4 Å². The predicted octanol–water partition coefficient (Wildman–Crippen LogP) is -0.162. The maximum atomic E-state index is 11.6. The van der Waals surface area contributed by atoms with Crippen LogP contribution < -0.4 is 10.6 Å². The zero-order valence-corrected chi connectivity index (χ0v) is 10.0. The minimum atomic E-state index is -0.440. The van der Waals surface area contributed by atoms with Crippen LogP contribution in [0.5, 0.6) is 0 Å². The highest BCUT2D eigenvalue weighted by Crippen LogP contribution is 2.33. The lowest BCUT2D eigenvalue weighted by molar-refractivity contribution is -0.146. The Morgan fingerprint density at radius 2 is 2.00 bits per heavy atom. The maximum Gasteiger partial charge on any atom is 0.328 e. The number of esters is 1. The molecule has 1 heterocycles. The molecule has 92 valence electrons. The summed E-state index contributed by atoms with van der Waals surface area (Å²) in [6.45, 7) is 0.879. The third-order valence-corrected chi connectivity index (χ3v) is 2.99. The van der Waals surface area contributed by atoms with Gasteiger partial charge in [-0.05, 0) is 31.7 Å². The lowest BCUT2D eigenvalue weighted by Gasteiger charge is -2.28. The summed E-state index contributed by atoms with van der Waals surface area (Å²) in [6, 6.07) is -0.555. The molecule has 0 aromatic carbocycles. The van der Waals surface area contributed by atoms with E-state index < -0.39 is 6.04 Å².